The minimum absolute atomic E-state index is 0.111. The molecule has 6 heteroatoms. The third-order valence-corrected chi connectivity index (χ3v) is 12.6. The Hall–Kier alpha value is -3.67. The van der Waals surface area contributed by atoms with Crippen molar-refractivity contribution >= 4 is 17.9 Å². The van der Waals surface area contributed by atoms with Gasteiger partial charge in [-0.05, 0) is 103 Å². The summed E-state index contributed by atoms with van der Waals surface area (Å²) in [5, 5.41) is 0. The lowest BCUT2D eigenvalue weighted by atomic mass is 10.1. The van der Waals surface area contributed by atoms with Gasteiger partial charge in [0.1, 0.15) is 13.2 Å². The zero-order valence-corrected chi connectivity index (χ0v) is 46.5. The molecule has 0 aromatic rings. The summed E-state index contributed by atoms with van der Waals surface area (Å²) in [6, 6.07) is 0. The van der Waals surface area contributed by atoms with Crippen LogP contribution in [0.15, 0.2) is 97.2 Å². The number of unbranched alkanes of at least 4 members (excludes halogenated alkanes) is 29. The number of allylic oxidation sites excluding steroid dienone is 16. The average molecular weight is 988 g/mol. The molecule has 0 saturated carbocycles. The SMILES string of the molecule is CCCCCCC\C=C/C=C\C=C/CCCCCCCC(=O)OCC(COC(=O)CCC/C=C\C/C=C\C/C=C\CCCCCCCC)OC(=O)CCCCCCC/C=C\C=C/CCCCCCCCC. The van der Waals surface area contributed by atoms with E-state index in [1.165, 1.54) is 128 Å². The van der Waals surface area contributed by atoms with Gasteiger partial charge in [-0.15, -0.1) is 0 Å². The van der Waals surface area contributed by atoms with Crippen LogP contribution >= 0.6 is 0 Å². The second-order valence-electron chi connectivity index (χ2n) is 19.6. The molecule has 0 spiro atoms. The fourth-order valence-electron chi connectivity index (χ4n) is 8.10. The lowest BCUT2D eigenvalue weighted by molar-refractivity contribution is -0.167. The Morgan fingerprint density at radius 1 is 0.296 bits per heavy atom. The van der Waals surface area contributed by atoms with Crippen LogP contribution in [0.1, 0.15) is 278 Å². The third-order valence-electron chi connectivity index (χ3n) is 12.6. The van der Waals surface area contributed by atoms with Gasteiger partial charge in [0.05, 0.1) is 0 Å². The molecule has 0 aliphatic heterocycles. The van der Waals surface area contributed by atoms with Gasteiger partial charge in [0.25, 0.3) is 0 Å². The summed E-state index contributed by atoms with van der Waals surface area (Å²) >= 11 is 0. The van der Waals surface area contributed by atoms with Crippen molar-refractivity contribution in [3.63, 3.8) is 0 Å². The molecule has 0 aromatic heterocycles. The topological polar surface area (TPSA) is 78.9 Å². The molecule has 0 aliphatic rings. The van der Waals surface area contributed by atoms with Gasteiger partial charge in [-0.1, -0.05) is 253 Å². The first kappa shape index (κ1) is 67.3. The lowest BCUT2D eigenvalue weighted by Gasteiger charge is -2.18. The van der Waals surface area contributed by atoms with Crippen LogP contribution < -0.4 is 0 Å². The molecule has 406 valence electrons. The van der Waals surface area contributed by atoms with Gasteiger partial charge in [-0.2, -0.15) is 0 Å². The van der Waals surface area contributed by atoms with Gasteiger partial charge in [-0.25, -0.2) is 0 Å². The fourth-order valence-corrected chi connectivity index (χ4v) is 8.10. The normalized spacial score (nSPS) is 12.8. The van der Waals surface area contributed by atoms with Crippen LogP contribution in [-0.2, 0) is 28.6 Å². The van der Waals surface area contributed by atoms with E-state index in [-0.39, 0.29) is 37.5 Å². The van der Waals surface area contributed by atoms with Crippen LogP contribution in [0.4, 0.5) is 0 Å². The van der Waals surface area contributed by atoms with Crippen molar-refractivity contribution in [2.45, 2.75) is 284 Å². The molecule has 0 fully saturated rings. The Kier molecular flexibility index (Phi) is 55.9. The molecule has 1 unspecified atom stereocenters. The van der Waals surface area contributed by atoms with Gasteiger partial charge < -0.3 is 14.2 Å². The number of carbonyl (C=O) groups excluding carboxylic acids is 3. The zero-order valence-electron chi connectivity index (χ0n) is 46.5. The predicted molar refractivity (Wildman–Crippen MR) is 307 cm³/mol. The fraction of sp³-hybridized carbons (Fsp3) is 0.708. The molecule has 0 aromatic carbocycles. The molecule has 1 atom stereocenters. The summed E-state index contributed by atoms with van der Waals surface area (Å²) in [7, 11) is 0. The molecule has 0 aliphatic carbocycles. The summed E-state index contributed by atoms with van der Waals surface area (Å²) in [5.41, 5.74) is 0. The Labute approximate surface area is 438 Å². The molecule has 0 saturated heterocycles. The maximum atomic E-state index is 12.9. The largest absolute Gasteiger partial charge is 0.462 e. The van der Waals surface area contributed by atoms with Crippen LogP contribution in [-0.4, -0.2) is 37.2 Å². The third kappa shape index (κ3) is 57.1. The molecular weight excluding hydrogens is 877 g/mol. The van der Waals surface area contributed by atoms with Crippen molar-refractivity contribution < 1.29 is 28.6 Å². The standard InChI is InChI=1S/C65H110O6/c1-4-7-10-13-16-19-22-25-28-31-34-37-40-43-46-49-52-55-58-64(67)70-61-62(60-69-63(66)57-54-51-48-45-42-39-36-33-30-27-24-21-18-15-12-9-6-3)71-65(68)59-56-53-50-47-44-41-38-35-32-29-26-23-20-17-14-11-8-5-2/h22,25,27-32,34-39,45,48,62H,4-21,23-24,26,33,40-44,46-47,49-61H2,1-3H3/b25-22-,30-27-,31-28-,32-29-,37-34-,38-35-,39-36-,48-45-. The zero-order chi connectivity index (χ0) is 51.4. The molecule has 0 bridgehead atoms. The van der Waals surface area contributed by atoms with Crippen LogP contribution in [0, 0.1) is 0 Å². The highest BCUT2D eigenvalue weighted by atomic mass is 16.6. The minimum Gasteiger partial charge on any atom is -0.462 e. The smallest absolute Gasteiger partial charge is 0.306 e. The van der Waals surface area contributed by atoms with Crippen LogP contribution in [0.3, 0.4) is 0 Å². The Morgan fingerprint density at radius 3 is 0.972 bits per heavy atom. The minimum atomic E-state index is -0.817. The van der Waals surface area contributed by atoms with Crippen molar-refractivity contribution in [2.24, 2.45) is 0 Å². The molecule has 0 amide bonds. The molecular formula is C65H110O6. The molecule has 71 heavy (non-hydrogen) atoms. The molecule has 0 heterocycles. The maximum absolute atomic E-state index is 12.9. The van der Waals surface area contributed by atoms with Gasteiger partial charge >= 0.3 is 17.9 Å². The van der Waals surface area contributed by atoms with Gasteiger partial charge in [0, 0.05) is 19.3 Å². The summed E-state index contributed by atoms with van der Waals surface area (Å²) in [5.74, 6) is -0.993. The number of hydrogen-bond acceptors (Lipinski definition) is 6. The number of rotatable bonds is 53. The van der Waals surface area contributed by atoms with E-state index in [0.29, 0.717) is 19.3 Å². The number of hydrogen-bond donors (Lipinski definition) is 0. The van der Waals surface area contributed by atoms with Crippen molar-refractivity contribution in [3.8, 4) is 0 Å². The highest BCUT2D eigenvalue weighted by molar-refractivity contribution is 5.71. The van der Waals surface area contributed by atoms with E-state index in [9.17, 15) is 14.4 Å². The van der Waals surface area contributed by atoms with Crippen molar-refractivity contribution in [3.05, 3.63) is 97.2 Å². The molecule has 0 rings (SSSR count). The first-order valence-electron chi connectivity index (χ1n) is 29.8. The number of esters is 3. The van der Waals surface area contributed by atoms with Gasteiger partial charge in [0.2, 0.25) is 0 Å². The van der Waals surface area contributed by atoms with Crippen molar-refractivity contribution in [1.82, 2.24) is 0 Å². The maximum Gasteiger partial charge on any atom is 0.306 e. The predicted octanol–water partition coefficient (Wildman–Crippen LogP) is 20.1. The first-order chi connectivity index (χ1) is 35.0. The van der Waals surface area contributed by atoms with Crippen LogP contribution in [0.2, 0.25) is 0 Å². The van der Waals surface area contributed by atoms with E-state index in [0.717, 1.165) is 103 Å². The van der Waals surface area contributed by atoms with E-state index in [4.69, 9.17) is 14.2 Å². The first-order valence-corrected chi connectivity index (χ1v) is 29.8. The summed E-state index contributed by atoms with van der Waals surface area (Å²) in [6.45, 7) is 6.55. The van der Waals surface area contributed by atoms with E-state index >= 15 is 0 Å². The van der Waals surface area contributed by atoms with Crippen molar-refractivity contribution in [2.75, 3.05) is 13.2 Å². The molecule has 0 N–H and O–H groups in total. The quantitative estimate of drug-likeness (QED) is 0.0199. The second kappa shape index (κ2) is 58.9. The van der Waals surface area contributed by atoms with E-state index in [1.54, 1.807) is 0 Å². The van der Waals surface area contributed by atoms with Gasteiger partial charge in [0.15, 0.2) is 6.10 Å². The number of carbonyl (C=O) groups is 3. The lowest BCUT2D eigenvalue weighted by Crippen LogP contribution is -2.30. The van der Waals surface area contributed by atoms with E-state index in [2.05, 4.69) is 118 Å². The monoisotopic (exact) mass is 987 g/mol. The highest BCUT2D eigenvalue weighted by Crippen LogP contribution is 2.14. The Bertz CT molecular complexity index is 1410. The average Bonchev–Trinajstić information content (AvgIpc) is 3.37. The van der Waals surface area contributed by atoms with Crippen LogP contribution in [0.5, 0.6) is 0 Å². The molecule has 0 radical (unpaired) electrons. The summed E-state index contributed by atoms with van der Waals surface area (Å²) in [6.07, 6.45) is 78.3. The second-order valence-corrected chi connectivity index (χ2v) is 19.6. The van der Waals surface area contributed by atoms with E-state index in [1.807, 2.05) is 0 Å². The summed E-state index contributed by atoms with van der Waals surface area (Å²) < 4.78 is 16.8. The Balaban J connectivity index is 4.53. The number of ether oxygens (including phenoxy) is 3. The summed E-state index contributed by atoms with van der Waals surface area (Å²) in [4.78, 5) is 38.2. The highest BCUT2D eigenvalue weighted by Gasteiger charge is 2.19. The van der Waals surface area contributed by atoms with Gasteiger partial charge in [-0.3, -0.25) is 14.4 Å². The Morgan fingerprint density at radius 2 is 0.577 bits per heavy atom. The van der Waals surface area contributed by atoms with Crippen LogP contribution in [0.25, 0.3) is 0 Å². The molecule has 6 nitrogen and oxygen atoms in total. The van der Waals surface area contributed by atoms with Crippen molar-refractivity contribution in [1.29, 1.82) is 0 Å². The van der Waals surface area contributed by atoms with E-state index < -0.39 is 6.10 Å².